The maximum atomic E-state index is 13.5. The molecule has 4 N–H and O–H groups in total. The van der Waals surface area contributed by atoms with Gasteiger partial charge in [0.05, 0.1) is 19.1 Å². The van der Waals surface area contributed by atoms with Crippen molar-refractivity contribution in [3.05, 3.63) is 65.4 Å². The van der Waals surface area contributed by atoms with Crippen LogP contribution in [-0.2, 0) is 11.4 Å². The summed E-state index contributed by atoms with van der Waals surface area (Å²) in [6.07, 6.45) is 4.54. The lowest BCUT2D eigenvalue weighted by molar-refractivity contribution is -0.127. The number of hydrogen-bond acceptors (Lipinski definition) is 6. The fourth-order valence-electron chi connectivity index (χ4n) is 4.91. The SMILES string of the molecule is COc1cc(N2CCC3(CCN(C(=O)c4ccc(CO)cc4)CC3)C2=O)ccc1/C(C=N)=C/N. The predicted octanol–water partition coefficient (Wildman–Crippen LogP) is 2.80. The smallest absolute Gasteiger partial charge is 0.253 e. The quantitative estimate of drug-likeness (QED) is 0.570. The molecule has 0 unspecified atom stereocenters. The van der Waals surface area contributed by atoms with Gasteiger partial charge in [0, 0.05) is 60.5 Å². The number of amides is 2. The second-order valence-corrected chi connectivity index (χ2v) is 8.79. The summed E-state index contributed by atoms with van der Waals surface area (Å²) in [6, 6.07) is 12.5. The maximum absolute atomic E-state index is 13.5. The molecule has 8 nitrogen and oxygen atoms in total. The Balaban J connectivity index is 1.46. The number of aliphatic hydroxyl groups is 1. The molecule has 2 saturated heterocycles. The first-order valence-corrected chi connectivity index (χ1v) is 11.4. The van der Waals surface area contributed by atoms with Gasteiger partial charge < -0.3 is 30.8 Å². The summed E-state index contributed by atoms with van der Waals surface area (Å²) in [6.45, 7) is 1.63. The van der Waals surface area contributed by atoms with Crippen molar-refractivity contribution in [2.75, 3.05) is 31.6 Å². The van der Waals surface area contributed by atoms with Gasteiger partial charge in [0.15, 0.2) is 0 Å². The van der Waals surface area contributed by atoms with E-state index in [0.29, 0.717) is 54.9 Å². The second kappa shape index (κ2) is 9.69. The van der Waals surface area contributed by atoms with E-state index in [1.54, 1.807) is 36.3 Å². The number of benzene rings is 2. The average Bonchev–Trinajstić information content (AvgIpc) is 3.20. The molecule has 2 amide bonds. The van der Waals surface area contributed by atoms with Gasteiger partial charge in [-0.05, 0) is 49.1 Å². The van der Waals surface area contributed by atoms with E-state index in [4.69, 9.17) is 15.9 Å². The monoisotopic (exact) mass is 462 g/mol. The van der Waals surface area contributed by atoms with Crippen molar-refractivity contribution >= 4 is 29.3 Å². The zero-order chi connectivity index (χ0) is 24.3. The largest absolute Gasteiger partial charge is 0.496 e. The highest BCUT2D eigenvalue weighted by Gasteiger charge is 2.49. The molecular formula is C26H30N4O4. The highest BCUT2D eigenvalue weighted by Crippen LogP contribution is 2.44. The summed E-state index contributed by atoms with van der Waals surface area (Å²) in [4.78, 5) is 30.0. The van der Waals surface area contributed by atoms with Crippen molar-refractivity contribution in [1.82, 2.24) is 4.90 Å². The van der Waals surface area contributed by atoms with Crippen LogP contribution in [0.1, 0.15) is 40.7 Å². The van der Waals surface area contributed by atoms with Crippen LogP contribution in [0.5, 0.6) is 5.75 Å². The maximum Gasteiger partial charge on any atom is 0.253 e. The Labute approximate surface area is 199 Å². The second-order valence-electron chi connectivity index (χ2n) is 8.79. The minimum absolute atomic E-state index is 0.0445. The Morgan fingerprint density at radius 3 is 2.41 bits per heavy atom. The van der Waals surface area contributed by atoms with Crippen LogP contribution in [0.25, 0.3) is 5.57 Å². The Hall–Kier alpha value is -3.65. The van der Waals surface area contributed by atoms with Crippen LogP contribution in [0.15, 0.2) is 48.7 Å². The molecule has 2 aliphatic rings. The Bertz CT molecular complexity index is 1120. The zero-order valence-electron chi connectivity index (χ0n) is 19.3. The van der Waals surface area contributed by atoms with Crippen molar-refractivity contribution in [1.29, 1.82) is 5.41 Å². The summed E-state index contributed by atoms with van der Waals surface area (Å²) >= 11 is 0. The molecule has 0 bridgehead atoms. The van der Waals surface area contributed by atoms with Crippen LogP contribution in [-0.4, -0.2) is 54.8 Å². The molecular weight excluding hydrogens is 432 g/mol. The molecule has 0 aromatic heterocycles. The van der Waals surface area contributed by atoms with Gasteiger partial charge in [-0.2, -0.15) is 0 Å². The summed E-state index contributed by atoms with van der Waals surface area (Å²) < 4.78 is 5.50. The third kappa shape index (κ3) is 4.17. The van der Waals surface area contributed by atoms with Crippen molar-refractivity contribution < 1.29 is 19.4 Å². The first kappa shape index (κ1) is 23.5. The number of aliphatic hydroxyl groups excluding tert-OH is 1. The first-order valence-electron chi connectivity index (χ1n) is 11.4. The first-order chi connectivity index (χ1) is 16.5. The number of ether oxygens (including phenoxy) is 1. The third-order valence-electron chi connectivity index (χ3n) is 7.05. The number of anilines is 1. The number of piperidine rings is 1. The summed E-state index contributed by atoms with van der Waals surface area (Å²) in [5.41, 5.74) is 8.52. The number of allylic oxidation sites excluding steroid dienone is 1. The number of hydrogen-bond donors (Lipinski definition) is 3. The molecule has 34 heavy (non-hydrogen) atoms. The van der Waals surface area contributed by atoms with E-state index in [2.05, 4.69) is 0 Å². The lowest BCUT2D eigenvalue weighted by atomic mass is 9.77. The van der Waals surface area contributed by atoms with E-state index in [1.165, 1.54) is 12.4 Å². The molecule has 0 atom stereocenters. The average molecular weight is 463 g/mol. The number of rotatable bonds is 6. The zero-order valence-corrected chi connectivity index (χ0v) is 19.3. The fraction of sp³-hybridized carbons (Fsp3) is 0.346. The molecule has 2 fully saturated rings. The molecule has 178 valence electrons. The number of carbonyl (C=O) groups excluding carboxylic acids is 2. The van der Waals surface area contributed by atoms with Gasteiger partial charge in [0.1, 0.15) is 5.75 Å². The summed E-state index contributed by atoms with van der Waals surface area (Å²) in [7, 11) is 1.55. The highest BCUT2D eigenvalue weighted by molar-refractivity contribution is 6.09. The molecule has 2 aromatic rings. The van der Waals surface area contributed by atoms with Crippen LogP contribution >= 0.6 is 0 Å². The number of nitrogens with two attached hydrogens (primary N) is 1. The molecule has 8 heteroatoms. The molecule has 0 aliphatic carbocycles. The number of nitrogens with zero attached hydrogens (tertiary/aromatic N) is 2. The van der Waals surface area contributed by atoms with Gasteiger partial charge in [-0.15, -0.1) is 0 Å². The van der Waals surface area contributed by atoms with Crippen molar-refractivity contribution in [2.45, 2.75) is 25.9 Å². The van der Waals surface area contributed by atoms with Crippen LogP contribution < -0.4 is 15.4 Å². The molecule has 4 rings (SSSR count). The lowest BCUT2D eigenvalue weighted by Gasteiger charge is -2.38. The van der Waals surface area contributed by atoms with Crippen LogP contribution in [0.2, 0.25) is 0 Å². The summed E-state index contributed by atoms with van der Waals surface area (Å²) in [5, 5.41) is 16.7. The number of carbonyl (C=O) groups is 2. The van der Waals surface area contributed by atoms with Gasteiger partial charge in [-0.3, -0.25) is 9.59 Å². The predicted molar refractivity (Wildman–Crippen MR) is 131 cm³/mol. The van der Waals surface area contributed by atoms with E-state index >= 15 is 0 Å². The third-order valence-corrected chi connectivity index (χ3v) is 7.05. The van der Waals surface area contributed by atoms with Gasteiger partial charge in [0.25, 0.3) is 5.91 Å². The fourth-order valence-corrected chi connectivity index (χ4v) is 4.91. The molecule has 1 spiro atoms. The minimum Gasteiger partial charge on any atom is -0.496 e. The van der Waals surface area contributed by atoms with E-state index in [9.17, 15) is 14.7 Å². The summed E-state index contributed by atoms with van der Waals surface area (Å²) in [5.74, 6) is 0.597. The number of methoxy groups -OCH3 is 1. The van der Waals surface area contributed by atoms with Crippen molar-refractivity contribution in [3.8, 4) is 5.75 Å². The number of likely N-dealkylation sites (tertiary alicyclic amines) is 1. The van der Waals surface area contributed by atoms with E-state index in [-0.39, 0.29) is 18.4 Å². The Morgan fingerprint density at radius 2 is 1.82 bits per heavy atom. The highest BCUT2D eigenvalue weighted by atomic mass is 16.5. The van der Waals surface area contributed by atoms with E-state index in [1.807, 2.05) is 23.1 Å². The molecule has 2 aliphatic heterocycles. The number of nitrogens with one attached hydrogen (secondary N) is 1. The van der Waals surface area contributed by atoms with Gasteiger partial charge >= 0.3 is 0 Å². The van der Waals surface area contributed by atoms with E-state index < -0.39 is 5.41 Å². The van der Waals surface area contributed by atoms with Gasteiger partial charge in [-0.1, -0.05) is 12.1 Å². The van der Waals surface area contributed by atoms with Crippen molar-refractivity contribution in [2.24, 2.45) is 11.1 Å². The Kier molecular flexibility index (Phi) is 6.70. The van der Waals surface area contributed by atoms with E-state index in [0.717, 1.165) is 17.7 Å². The standard InChI is InChI=1S/C26H30N4O4/c1-34-23-14-21(6-7-22(23)20(15-27)16-28)30-13-10-26(25(30)33)8-11-29(12-9-26)24(32)19-4-2-18(17-31)3-5-19/h2-7,14-16,27,31H,8-13,17,28H2,1H3/b20-16+,27-15?. The lowest BCUT2D eigenvalue weighted by Crippen LogP contribution is -2.46. The molecule has 0 saturated carbocycles. The van der Waals surface area contributed by atoms with Crippen LogP contribution in [0.3, 0.4) is 0 Å². The Morgan fingerprint density at radius 1 is 1.15 bits per heavy atom. The van der Waals surface area contributed by atoms with Gasteiger partial charge in [0.2, 0.25) is 5.91 Å². The molecule has 0 radical (unpaired) electrons. The normalized spacial score (nSPS) is 17.8. The topological polar surface area (TPSA) is 120 Å². The molecule has 2 aromatic carbocycles. The van der Waals surface area contributed by atoms with Crippen molar-refractivity contribution in [3.63, 3.8) is 0 Å². The molecule has 2 heterocycles. The van der Waals surface area contributed by atoms with Crippen LogP contribution in [0.4, 0.5) is 5.69 Å². The minimum atomic E-state index is -0.458. The van der Waals surface area contributed by atoms with Gasteiger partial charge in [-0.25, -0.2) is 0 Å². The van der Waals surface area contributed by atoms with Crippen LogP contribution in [0, 0.1) is 10.8 Å².